The monoisotopic (exact) mass is 406 g/mol. The van der Waals surface area contributed by atoms with Crippen LogP contribution >= 0.6 is 22.6 Å². The van der Waals surface area contributed by atoms with E-state index in [1.165, 1.54) is 12.1 Å². The van der Waals surface area contributed by atoms with E-state index in [-0.39, 0.29) is 11.4 Å². The van der Waals surface area contributed by atoms with E-state index in [4.69, 9.17) is 0 Å². The highest BCUT2D eigenvalue weighted by molar-refractivity contribution is 14.1. The lowest BCUT2D eigenvalue weighted by Gasteiger charge is -2.11. The second-order valence-electron chi connectivity index (χ2n) is 4.70. The van der Waals surface area contributed by atoms with Gasteiger partial charge >= 0.3 is 6.03 Å². The van der Waals surface area contributed by atoms with Gasteiger partial charge < -0.3 is 10.4 Å². The Morgan fingerprint density at radius 3 is 2.27 bits per heavy atom. The first-order chi connectivity index (χ1) is 10.5. The molecule has 3 amide bonds. The van der Waals surface area contributed by atoms with E-state index < -0.39 is 11.9 Å². The molecule has 0 unspecified atom stereocenters. The predicted molar refractivity (Wildman–Crippen MR) is 91.3 cm³/mol. The van der Waals surface area contributed by atoms with Gasteiger partial charge in [0.1, 0.15) is 11.4 Å². The molecule has 2 aromatic carbocycles. The number of amides is 3. The van der Waals surface area contributed by atoms with Gasteiger partial charge in [0.05, 0.1) is 5.69 Å². The van der Waals surface area contributed by atoms with E-state index >= 15 is 0 Å². The number of phenolic OH excluding ortho intramolecular Hbond substituents is 1. The highest BCUT2D eigenvalue weighted by Crippen LogP contribution is 2.23. The molecule has 3 rings (SSSR count). The van der Waals surface area contributed by atoms with Gasteiger partial charge in [-0.1, -0.05) is 12.1 Å². The molecule has 1 saturated heterocycles. The van der Waals surface area contributed by atoms with Crippen molar-refractivity contribution in [2.24, 2.45) is 0 Å². The summed E-state index contributed by atoms with van der Waals surface area (Å²) in [6.07, 6.45) is 1.58. The summed E-state index contributed by atoms with van der Waals surface area (Å²) in [4.78, 5) is 25.5. The largest absolute Gasteiger partial charge is 0.508 e. The maximum absolute atomic E-state index is 12.4. The van der Waals surface area contributed by atoms with Crippen molar-refractivity contribution in [2.75, 3.05) is 4.90 Å². The van der Waals surface area contributed by atoms with Crippen molar-refractivity contribution in [3.63, 3.8) is 0 Å². The number of imide groups is 1. The molecule has 22 heavy (non-hydrogen) atoms. The van der Waals surface area contributed by atoms with Crippen LogP contribution < -0.4 is 10.2 Å². The zero-order valence-corrected chi connectivity index (χ0v) is 13.4. The second-order valence-corrected chi connectivity index (χ2v) is 5.94. The first kappa shape index (κ1) is 14.6. The van der Waals surface area contributed by atoms with Crippen molar-refractivity contribution in [1.82, 2.24) is 5.32 Å². The number of hydrogen-bond donors (Lipinski definition) is 2. The molecule has 5 nitrogen and oxygen atoms in total. The molecular formula is C16H11IN2O3. The molecule has 0 aromatic heterocycles. The Morgan fingerprint density at radius 1 is 1.00 bits per heavy atom. The van der Waals surface area contributed by atoms with Crippen LogP contribution in [-0.4, -0.2) is 17.0 Å². The Morgan fingerprint density at radius 2 is 1.64 bits per heavy atom. The average Bonchev–Trinajstić information content (AvgIpc) is 2.77. The summed E-state index contributed by atoms with van der Waals surface area (Å²) >= 11 is 2.16. The lowest BCUT2D eigenvalue weighted by molar-refractivity contribution is -0.113. The van der Waals surface area contributed by atoms with Crippen molar-refractivity contribution >= 4 is 46.3 Å². The molecule has 2 aromatic rings. The molecule has 110 valence electrons. The molecule has 0 saturated carbocycles. The minimum Gasteiger partial charge on any atom is -0.508 e. The molecule has 1 fully saturated rings. The molecule has 0 spiro atoms. The Labute approximate surface area is 140 Å². The number of phenols is 1. The minimum atomic E-state index is -0.476. The van der Waals surface area contributed by atoms with Gasteiger partial charge in [-0.3, -0.25) is 4.79 Å². The number of urea groups is 1. The van der Waals surface area contributed by atoms with E-state index in [0.717, 1.165) is 8.47 Å². The van der Waals surface area contributed by atoms with E-state index in [0.29, 0.717) is 11.3 Å². The van der Waals surface area contributed by atoms with Gasteiger partial charge in [0, 0.05) is 3.57 Å². The van der Waals surface area contributed by atoms with Crippen LogP contribution in [0.2, 0.25) is 0 Å². The van der Waals surface area contributed by atoms with Crippen molar-refractivity contribution in [1.29, 1.82) is 0 Å². The number of nitrogens with one attached hydrogen (secondary N) is 1. The molecule has 0 atom stereocenters. The highest BCUT2D eigenvalue weighted by atomic mass is 127. The number of anilines is 1. The third-order valence-corrected chi connectivity index (χ3v) is 3.89. The normalized spacial score (nSPS) is 16.2. The van der Waals surface area contributed by atoms with Crippen molar-refractivity contribution in [2.45, 2.75) is 0 Å². The fourth-order valence-electron chi connectivity index (χ4n) is 2.10. The van der Waals surface area contributed by atoms with E-state index in [1.807, 2.05) is 12.1 Å². The van der Waals surface area contributed by atoms with Crippen LogP contribution in [0.15, 0.2) is 54.2 Å². The summed E-state index contributed by atoms with van der Waals surface area (Å²) in [6, 6.07) is 13.0. The number of carbonyl (C=O) groups excluding carboxylic acids is 2. The van der Waals surface area contributed by atoms with Gasteiger partial charge in [-0.15, -0.1) is 0 Å². The zero-order chi connectivity index (χ0) is 15.7. The molecule has 1 aliphatic rings. The van der Waals surface area contributed by atoms with Crippen LogP contribution in [0.4, 0.5) is 10.5 Å². The average molecular weight is 406 g/mol. The van der Waals surface area contributed by atoms with Crippen LogP contribution in [0.25, 0.3) is 6.08 Å². The van der Waals surface area contributed by atoms with Crippen molar-refractivity contribution < 1.29 is 14.7 Å². The van der Waals surface area contributed by atoms with Crippen LogP contribution in [0.5, 0.6) is 5.75 Å². The standard InChI is InChI=1S/C16H11IN2O3/c17-11-3-5-12(6-4-11)19-15(21)14(18-16(19)22)9-10-1-7-13(20)8-2-10/h1-9,20H,(H,18,22)/b14-9-. The number of carbonyl (C=O) groups is 2. The third kappa shape index (κ3) is 2.82. The summed E-state index contributed by atoms with van der Waals surface area (Å²) in [7, 11) is 0. The topological polar surface area (TPSA) is 69.6 Å². The summed E-state index contributed by atoms with van der Waals surface area (Å²) in [5.74, 6) is -0.260. The van der Waals surface area contributed by atoms with E-state index in [1.54, 1.807) is 30.3 Å². The fraction of sp³-hybridized carbons (Fsp3) is 0. The number of rotatable bonds is 2. The summed E-state index contributed by atoms with van der Waals surface area (Å²) < 4.78 is 1.02. The first-order valence-corrected chi connectivity index (χ1v) is 7.54. The lowest BCUT2D eigenvalue weighted by Crippen LogP contribution is -2.30. The lowest BCUT2D eigenvalue weighted by atomic mass is 10.2. The maximum atomic E-state index is 12.4. The predicted octanol–water partition coefficient (Wildman–Crippen LogP) is 3.09. The molecule has 0 bridgehead atoms. The van der Waals surface area contributed by atoms with Crippen LogP contribution in [0.3, 0.4) is 0 Å². The van der Waals surface area contributed by atoms with Crippen molar-refractivity contribution in [3.8, 4) is 5.75 Å². The van der Waals surface area contributed by atoms with Crippen LogP contribution in [0.1, 0.15) is 5.56 Å². The zero-order valence-electron chi connectivity index (χ0n) is 11.3. The minimum absolute atomic E-state index is 0.143. The maximum Gasteiger partial charge on any atom is 0.333 e. The highest BCUT2D eigenvalue weighted by Gasteiger charge is 2.34. The summed E-state index contributed by atoms with van der Waals surface area (Å²) in [5.41, 5.74) is 1.44. The molecule has 1 aliphatic heterocycles. The first-order valence-electron chi connectivity index (χ1n) is 6.46. The quantitative estimate of drug-likeness (QED) is 0.458. The van der Waals surface area contributed by atoms with Gasteiger partial charge in [-0.25, -0.2) is 9.69 Å². The Hall–Kier alpha value is -2.35. The molecular weight excluding hydrogens is 395 g/mol. The summed E-state index contributed by atoms with van der Waals surface area (Å²) in [6.45, 7) is 0. The molecule has 6 heteroatoms. The summed E-state index contributed by atoms with van der Waals surface area (Å²) in [5, 5.41) is 11.8. The number of halogens is 1. The van der Waals surface area contributed by atoms with Gasteiger partial charge in [-0.2, -0.15) is 0 Å². The second kappa shape index (κ2) is 5.80. The number of aromatic hydroxyl groups is 1. The Bertz CT molecular complexity index is 767. The Kier molecular flexibility index (Phi) is 3.84. The van der Waals surface area contributed by atoms with Crippen LogP contribution in [0, 0.1) is 3.57 Å². The van der Waals surface area contributed by atoms with Gasteiger partial charge in [-0.05, 0) is 70.6 Å². The van der Waals surface area contributed by atoms with Gasteiger partial charge in [0.25, 0.3) is 5.91 Å². The Balaban J connectivity index is 1.91. The molecule has 2 N–H and O–H groups in total. The van der Waals surface area contributed by atoms with Gasteiger partial charge in [0.2, 0.25) is 0 Å². The molecule has 0 radical (unpaired) electrons. The molecule has 0 aliphatic carbocycles. The third-order valence-electron chi connectivity index (χ3n) is 3.17. The fourth-order valence-corrected chi connectivity index (χ4v) is 2.46. The number of nitrogens with zero attached hydrogens (tertiary/aromatic N) is 1. The van der Waals surface area contributed by atoms with E-state index in [9.17, 15) is 14.7 Å². The number of hydrogen-bond acceptors (Lipinski definition) is 3. The number of benzene rings is 2. The smallest absolute Gasteiger partial charge is 0.333 e. The van der Waals surface area contributed by atoms with Crippen LogP contribution in [-0.2, 0) is 4.79 Å². The SMILES string of the molecule is O=C1N/C(=C\c2ccc(O)cc2)C(=O)N1c1ccc(I)cc1. The van der Waals surface area contributed by atoms with Crippen molar-refractivity contribution in [3.05, 3.63) is 63.4 Å². The molecule has 1 heterocycles. The van der Waals surface area contributed by atoms with E-state index in [2.05, 4.69) is 27.9 Å². The van der Waals surface area contributed by atoms with Gasteiger partial charge in [0.15, 0.2) is 0 Å².